The van der Waals surface area contributed by atoms with Gasteiger partial charge in [0.15, 0.2) is 0 Å². The summed E-state index contributed by atoms with van der Waals surface area (Å²) in [4.78, 5) is 13.0. The minimum absolute atomic E-state index is 0.0649. The number of aliphatic hydroxyl groups is 1. The van der Waals surface area contributed by atoms with Crippen LogP contribution in [0, 0.1) is 5.41 Å². The molecule has 0 fully saturated rings. The summed E-state index contributed by atoms with van der Waals surface area (Å²) in [5.41, 5.74) is -0.0649. The van der Waals surface area contributed by atoms with Crippen LogP contribution in [0.4, 0.5) is 4.79 Å². The van der Waals surface area contributed by atoms with Crippen LogP contribution in [0.5, 0.6) is 0 Å². The number of rotatable bonds is 8. The van der Waals surface area contributed by atoms with E-state index in [0.29, 0.717) is 6.54 Å². The van der Waals surface area contributed by atoms with Gasteiger partial charge in [0.1, 0.15) is 0 Å². The standard InChI is InChI=1S/C15H26N2O2S/c1-12(10-13-6-4-9-20-13)17-14(19)16-8-5-7-15(2,3)11-18/h4,6,9,12,18H,5,7-8,10-11H2,1-3H3,(H2,16,17,19). The number of amides is 2. The van der Waals surface area contributed by atoms with E-state index >= 15 is 0 Å². The Hall–Kier alpha value is -1.07. The Morgan fingerprint density at radius 3 is 2.85 bits per heavy atom. The van der Waals surface area contributed by atoms with Crippen LogP contribution in [0.2, 0.25) is 0 Å². The van der Waals surface area contributed by atoms with Crippen LogP contribution in [0.25, 0.3) is 0 Å². The smallest absolute Gasteiger partial charge is 0.315 e. The van der Waals surface area contributed by atoms with Crippen molar-refractivity contribution in [1.29, 1.82) is 0 Å². The van der Waals surface area contributed by atoms with Gasteiger partial charge in [-0.25, -0.2) is 4.79 Å². The molecule has 0 aliphatic carbocycles. The van der Waals surface area contributed by atoms with Crippen molar-refractivity contribution in [2.24, 2.45) is 5.41 Å². The Labute approximate surface area is 125 Å². The summed E-state index contributed by atoms with van der Waals surface area (Å²) in [7, 11) is 0. The number of aliphatic hydroxyl groups excluding tert-OH is 1. The molecular weight excluding hydrogens is 272 g/mol. The molecule has 0 aromatic carbocycles. The highest BCUT2D eigenvalue weighted by Crippen LogP contribution is 2.20. The van der Waals surface area contributed by atoms with Crippen molar-refractivity contribution in [3.8, 4) is 0 Å². The summed E-state index contributed by atoms with van der Waals surface area (Å²) < 4.78 is 0. The summed E-state index contributed by atoms with van der Waals surface area (Å²) in [5.74, 6) is 0. The molecule has 20 heavy (non-hydrogen) atoms. The van der Waals surface area contributed by atoms with Gasteiger partial charge in [-0.3, -0.25) is 0 Å². The molecule has 0 radical (unpaired) electrons. The van der Waals surface area contributed by atoms with E-state index in [9.17, 15) is 4.79 Å². The van der Waals surface area contributed by atoms with Crippen LogP contribution in [0.1, 0.15) is 38.5 Å². The SMILES string of the molecule is CC(Cc1cccs1)NC(=O)NCCCC(C)(C)CO. The quantitative estimate of drug-likeness (QED) is 0.646. The molecule has 0 bridgehead atoms. The second kappa shape index (κ2) is 8.27. The molecule has 1 aromatic rings. The van der Waals surface area contributed by atoms with Gasteiger partial charge in [-0.1, -0.05) is 19.9 Å². The van der Waals surface area contributed by atoms with Crippen LogP contribution >= 0.6 is 11.3 Å². The van der Waals surface area contributed by atoms with E-state index in [0.717, 1.165) is 19.3 Å². The predicted molar refractivity (Wildman–Crippen MR) is 84.1 cm³/mol. The summed E-state index contributed by atoms with van der Waals surface area (Å²) in [6.07, 6.45) is 2.64. The van der Waals surface area contributed by atoms with Crippen molar-refractivity contribution < 1.29 is 9.90 Å². The van der Waals surface area contributed by atoms with Crippen molar-refractivity contribution in [1.82, 2.24) is 10.6 Å². The normalized spacial score (nSPS) is 13.0. The molecule has 1 aromatic heterocycles. The molecular formula is C15H26N2O2S. The zero-order chi connectivity index (χ0) is 15.0. The second-order valence-electron chi connectivity index (χ2n) is 6.01. The van der Waals surface area contributed by atoms with Crippen molar-refractivity contribution >= 4 is 17.4 Å². The van der Waals surface area contributed by atoms with Crippen LogP contribution in [0.15, 0.2) is 17.5 Å². The third-order valence-electron chi connectivity index (χ3n) is 3.21. The molecule has 0 saturated carbocycles. The Kier molecular flexibility index (Phi) is 7.02. The van der Waals surface area contributed by atoms with Gasteiger partial charge in [-0.05, 0) is 36.6 Å². The highest BCUT2D eigenvalue weighted by Gasteiger charge is 2.15. The van der Waals surface area contributed by atoms with Gasteiger partial charge in [0, 0.05) is 30.5 Å². The monoisotopic (exact) mass is 298 g/mol. The zero-order valence-corrected chi connectivity index (χ0v) is 13.4. The Morgan fingerprint density at radius 1 is 1.50 bits per heavy atom. The second-order valence-corrected chi connectivity index (χ2v) is 7.04. The summed E-state index contributed by atoms with van der Waals surface area (Å²) >= 11 is 1.71. The highest BCUT2D eigenvalue weighted by atomic mass is 32.1. The first kappa shape index (κ1) is 17.0. The molecule has 114 valence electrons. The maximum absolute atomic E-state index is 11.7. The van der Waals surface area contributed by atoms with Gasteiger partial charge >= 0.3 is 6.03 Å². The lowest BCUT2D eigenvalue weighted by molar-refractivity contribution is 0.148. The largest absolute Gasteiger partial charge is 0.396 e. The molecule has 1 rings (SSSR count). The maximum Gasteiger partial charge on any atom is 0.315 e. The summed E-state index contributed by atoms with van der Waals surface area (Å²) in [6, 6.07) is 4.12. The van der Waals surface area contributed by atoms with Crippen molar-refractivity contribution in [2.75, 3.05) is 13.2 Å². The number of urea groups is 1. The molecule has 0 aliphatic heterocycles. The molecule has 4 nitrogen and oxygen atoms in total. The topological polar surface area (TPSA) is 61.4 Å². The van der Waals surface area contributed by atoms with Crippen LogP contribution in [-0.4, -0.2) is 30.3 Å². The lowest BCUT2D eigenvalue weighted by Gasteiger charge is -2.21. The van der Waals surface area contributed by atoms with Gasteiger partial charge in [-0.15, -0.1) is 11.3 Å². The number of thiophene rings is 1. The molecule has 1 atom stereocenters. The summed E-state index contributed by atoms with van der Waals surface area (Å²) in [6.45, 7) is 6.87. The van der Waals surface area contributed by atoms with Gasteiger partial charge in [0.25, 0.3) is 0 Å². The van der Waals surface area contributed by atoms with E-state index in [1.165, 1.54) is 4.88 Å². The Morgan fingerprint density at radius 2 is 2.25 bits per heavy atom. The molecule has 2 amide bonds. The fourth-order valence-corrected chi connectivity index (χ4v) is 2.74. The molecule has 3 N–H and O–H groups in total. The van der Waals surface area contributed by atoms with Crippen molar-refractivity contribution in [3.05, 3.63) is 22.4 Å². The van der Waals surface area contributed by atoms with Gasteiger partial charge < -0.3 is 15.7 Å². The van der Waals surface area contributed by atoms with Gasteiger partial charge in [0.2, 0.25) is 0 Å². The fraction of sp³-hybridized carbons (Fsp3) is 0.667. The van der Waals surface area contributed by atoms with E-state index in [2.05, 4.69) is 16.7 Å². The minimum Gasteiger partial charge on any atom is -0.396 e. The third kappa shape index (κ3) is 6.91. The average Bonchev–Trinajstić information content (AvgIpc) is 2.87. The minimum atomic E-state index is -0.115. The Balaban J connectivity index is 2.14. The van der Waals surface area contributed by atoms with Crippen molar-refractivity contribution in [3.63, 3.8) is 0 Å². The van der Waals surface area contributed by atoms with E-state index in [4.69, 9.17) is 5.11 Å². The number of hydrogen-bond donors (Lipinski definition) is 3. The number of carbonyl (C=O) groups is 1. The Bertz CT molecular complexity index is 391. The van der Waals surface area contributed by atoms with E-state index < -0.39 is 0 Å². The lowest BCUT2D eigenvalue weighted by atomic mass is 9.89. The van der Waals surface area contributed by atoms with Crippen LogP contribution in [0.3, 0.4) is 0 Å². The lowest BCUT2D eigenvalue weighted by Crippen LogP contribution is -2.42. The predicted octanol–water partition coefficient (Wildman–Crippen LogP) is 2.78. The first-order valence-corrected chi connectivity index (χ1v) is 7.98. The average molecular weight is 298 g/mol. The number of nitrogens with one attached hydrogen (secondary N) is 2. The molecule has 0 spiro atoms. The number of carbonyl (C=O) groups excluding carboxylic acids is 1. The highest BCUT2D eigenvalue weighted by molar-refractivity contribution is 7.09. The van der Waals surface area contributed by atoms with E-state index in [-0.39, 0.29) is 24.1 Å². The zero-order valence-electron chi connectivity index (χ0n) is 12.6. The summed E-state index contributed by atoms with van der Waals surface area (Å²) in [5, 5.41) is 17.0. The first-order valence-electron chi connectivity index (χ1n) is 7.10. The fourth-order valence-electron chi connectivity index (χ4n) is 1.90. The maximum atomic E-state index is 11.7. The molecule has 0 aliphatic rings. The first-order chi connectivity index (χ1) is 9.43. The third-order valence-corrected chi connectivity index (χ3v) is 4.11. The molecule has 0 saturated heterocycles. The van der Waals surface area contributed by atoms with Gasteiger partial charge in [-0.2, -0.15) is 0 Å². The molecule has 5 heteroatoms. The van der Waals surface area contributed by atoms with E-state index in [1.54, 1.807) is 11.3 Å². The molecule has 1 heterocycles. The van der Waals surface area contributed by atoms with Gasteiger partial charge in [0.05, 0.1) is 0 Å². The number of hydrogen-bond acceptors (Lipinski definition) is 3. The van der Waals surface area contributed by atoms with Crippen molar-refractivity contribution in [2.45, 2.75) is 46.1 Å². The van der Waals surface area contributed by atoms with Crippen LogP contribution in [-0.2, 0) is 6.42 Å². The molecule has 1 unspecified atom stereocenters. The van der Waals surface area contributed by atoms with E-state index in [1.807, 2.05) is 32.2 Å². The van der Waals surface area contributed by atoms with Crippen LogP contribution < -0.4 is 10.6 Å².